The van der Waals surface area contributed by atoms with Crippen LogP contribution in [0.1, 0.15) is 34.5 Å². The Labute approximate surface area is 203 Å². The van der Waals surface area contributed by atoms with E-state index in [4.69, 9.17) is 9.15 Å². The topological polar surface area (TPSA) is 98.4 Å². The van der Waals surface area contributed by atoms with Crippen molar-refractivity contribution < 1.29 is 31.9 Å². The van der Waals surface area contributed by atoms with E-state index in [-0.39, 0.29) is 29.5 Å². The molecule has 186 valence electrons. The van der Waals surface area contributed by atoms with Crippen molar-refractivity contribution in [2.75, 3.05) is 17.2 Å². The molecule has 2 aromatic carbocycles. The number of hydrogen-bond acceptors (Lipinski definition) is 5. The summed E-state index contributed by atoms with van der Waals surface area (Å²) >= 11 is 0. The van der Waals surface area contributed by atoms with E-state index in [1.54, 1.807) is 34.9 Å². The SMILES string of the molecule is O=C(Nc1nc2cc(C(F)(F)F)ccc2n1Cc1ccco1)c1cccc(NC(=O)C2CCCO2)c1. The summed E-state index contributed by atoms with van der Waals surface area (Å²) in [6.07, 6.45) is -2.13. The fourth-order valence-corrected chi connectivity index (χ4v) is 4.04. The number of amides is 2. The predicted molar refractivity (Wildman–Crippen MR) is 125 cm³/mol. The molecule has 11 heteroatoms. The lowest BCUT2D eigenvalue weighted by Gasteiger charge is -2.12. The summed E-state index contributed by atoms with van der Waals surface area (Å²) in [5, 5.41) is 5.42. The number of nitrogens with one attached hydrogen (secondary N) is 2. The molecule has 1 fully saturated rings. The molecule has 0 aliphatic carbocycles. The zero-order valence-electron chi connectivity index (χ0n) is 18.8. The first kappa shape index (κ1) is 23.6. The molecule has 36 heavy (non-hydrogen) atoms. The maximum Gasteiger partial charge on any atom is 0.416 e. The molecule has 3 heterocycles. The third-order valence-electron chi connectivity index (χ3n) is 5.81. The average Bonchev–Trinajstić information content (AvgIpc) is 3.61. The molecule has 5 rings (SSSR count). The minimum absolute atomic E-state index is 0.0551. The van der Waals surface area contributed by atoms with Crippen LogP contribution in [0.15, 0.2) is 65.3 Å². The Kier molecular flexibility index (Phi) is 6.23. The van der Waals surface area contributed by atoms with Gasteiger partial charge in [0, 0.05) is 17.9 Å². The number of carbonyl (C=O) groups is 2. The minimum Gasteiger partial charge on any atom is -0.467 e. The van der Waals surface area contributed by atoms with Crippen LogP contribution in [0.3, 0.4) is 0 Å². The number of rotatable bonds is 6. The Balaban J connectivity index is 1.42. The Morgan fingerprint density at radius 1 is 1.08 bits per heavy atom. The molecule has 2 amide bonds. The lowest BCUT2D eigenvalue weighted by molar-refractivity contribution is -0.137. The number of hydrogen-bond donors (Lipinski definition) is 2. The van der Waals surface area contributed by atoms with Gasteiger partial charge in [0.1, 0.15) is 11.9 Å². The Bertz CT molecular complexity index is 1410. The highest BCUT2D eigenvalue weighted by Crippen LogP contribution is 2.32. The molecule has 1 unspecified atom stereocenters. The van der Waals surface area contributed by atoms with Crippen LogP contribution in [0.2, 0.25) is 0 Å². The van der Waals surface area contributed by atoms with Gasteiger partial charge in [-0.3, -0.25) is 14.9 Å². The van der Waals surface area contributed by atoms with Crippen molar-refractivity contribution in [3.63, 3.8) is 0 Å². The van der Waals surface area contributed by atoms with Crippen molar-refractivity contribution in [3.8, 4) is 0 Å². The normalized spacial score (nSPS) is 15.8. The molecule has 2 N–H and O–H groups in total. The standard InChI is InChI=1S/C25H21F3N4O4/c26-25(27,28)16-8-9-20-19(13-16)30-24(32(20)14-18-6-2-10-35-18)31-22(33)15-4-1-5-17(12-15)29-23(34)21-7-3-11-36-21/h1-2,4-6,8-10,12-13,21H,3,7,11,14H2,(H,29,34)(H,30,31,33). The van der Waals surface area contributed by atoms with Gasteiger partial charge in [0.15, 0.2) is 0 Å². The van der Waals surface area contributed by atoms with Crippen LogP contribution in [0.4, 0.5) is 24.8 Å². The number of imidazole rings is 1. The second-order valence-electron chi connectivity index (χ2n) is 8.33. The lowest BCUT2D eigenvalue weighted by Crippen LogP contribution is -2.27. The number of benzene rings is 2. The summed E-state index contributed by atoms with van der Waals surface area (Å²) in [5.41, 5.74) is 0.275. The maximum atomic E-state index is 13.2. The number of carbonyl (C=O) groups excluding carboxylic acids is 2. The van der Waals surface area contributed by atoms with Gasteiger partial charge in [0.2, 0.25) is 5.95 Å². The fourth-order valence-electron chi connectivity index (χ4n) is 4.04. The summed E-state index contributed by atoms with van der Waals surface area (Å²) in [5.74, 6) is -0.246. The molecule has 0 spiro atoms. The number of nitrogens with zero attached hydrogens (tertiary/aromatic N) is 2. The number of anilines is 2. The summed E-state index contributed by atoms with van der Waals surface area (Å²) in [6, 6.07) is 12.9. The van der Waals surface area contributed by atoms with Crippen LogP contribution in [-0.2, 0) is 22.3 Å². The van der Waals surface area contributed by atoms with Crippen LogP contribution in [0, 0.1) is 0 Å². The smallest absolute Gasteiger partial charge is 0.416 e. The molecular formula is C25H21F3N4O4. The fraction of sp³-hybridized carbons (Fsp3) is 0.240. The summed E-state index contributed by atoms with van der Waals surface area (Å²) in [6.45, 7) is 0.673. The zero-order chi connectivity index (χ0) is 25.3. The van der Waals surface area contributed by atoms with Gasteiger partial charge in [-0.05, 0) is 61.4 Å². The third-order valence-corrected chi connectivity index (χ3v) is 5.81. The van der Waals surface area contributed by atoms with Crippen molar-refractivity contribution in [3.05, 3.63) is 77.7 Å². The van der Waals surface area contributed by atoms with Crippen LogP contribution in [0.5, 0.6) is 0 Å². The molecule has 1 aliphatic heterocycles. The first-order chi connectivity index (χ1) is 17.3. The number of fused-ring (bicyclic) bond motifs is 1. The minimum atomic E-state index is -4.53. The van der Waals surface area contributed by atoms with Crippen molar-refractivity contribution in [1.29, 1.82) is 0 Å². The lowest BCUT2D eigenvalue weighted by atomic mass is 10.1. The van der Waals surface area contributed by atoms with E-state index in [2.05, 4.69) is 15.6 Å². The Morgan fingerprint density at radius 3 is 2.67 bits per heavy atom. The van der Waals surface area contributed by atoms with Gasteiger partial charge in [0.25, 0.3) is 11.8 Å². The number of halogens is 3. The van der Waals surface area contributed by atoms with Gasteiger partial charge in [-0.1, -0.05) is 6.07 Å². The molecule has 2 aromatic heterocycles. The van der Waals surface area contributed by atoms with Crippen LogP contribution in [0.25, 0.3) is 11.0 Å². The van der Waals surface area contributed by atoms with Gasteiger partial charge < -0.3 is 19.0 Å². The largest absolute Gasteiger partial charge is 0.467 e. The monoisotopic (exact) mass is 498 g/mol. The molecule has 0 bridgehead atoms. The Morgan fingerprint density at radius 2 is 1.94 bits per heavy atom. The van der Waals surface area contributed by atoms with E-state index >= 15 is 0 Å². The van der Waals surface area contributed by atoms with Crippen molar-refractivity contribution in [1.82, 2.24) is 9.55 Å². The van der Waals surface area contributed by atoms with E-state index in [1.165, 1.54) is 18.4 Å². The van der Waals surface area contributed by atoms with Crippen molar-refractivity contribution >= 4 is 34.5 Å². The van der Waals surface area contributed by atoms with E-state index in [0.29, 0.717) is 30.0 Å². The molecule has 1 saturated heterocycles. The van der Waals surface area contributed by atoms with Gasteiger partial charge in [-0.15, -0.1) is 0 Å². The highest BCUT2D eigenvalue weighted by molar-refractivity contribution is 6.05. The van der Waals surface area contributed by atoms with Gasteiger partial charge in [-0.25, -0.2) is 4.98 Å². The van der Waals surface area contributed by atoms with Crippen LogP contribution >= 0.6 is 0 Å². The quantitative estimate of drug-likeness (QED) is 0.387. The molecule has 0 saturated carbocycles. The van der Waals surface area contributed by atoms with E-state index in [1.807, 2.05) is 0 Å². The summed E-state index contributed by atoms with van der Waals surface area (Å²) in [4.78, 5) is 29.7. The first-order valence-electron chi connectivity index (χ1n) is 11.2. The molecule has 4 aromatic rings. The second-order valence-corrected chi connectivity index (χ2v) is 8.33. The predicted octanol–water partition coefficient (Wildman–Crippen LogP) is 5.07. The number of aromatic nitrogens is 2. The van der Waals surface area contributed by atoms with E-state index < -0.39 is 23.8 Å². The maximum absolute atomic E-state index is 13.2. The summed E-state index contributed by atoms with van der Waals surface area (Å²) in [7, 11) is 0. The molecule has 0 radical (unpaired) electrons. The number of furan rings is 1. The number of ether oxygens (including phenoxy) is 1. The van der Waals surface area contributed by atoms with Crippen molar-refractivity contribution in [2.45, 2.75) is 31.7 Å². The first-order valence-corrected chi connectivity index (χ1v) is 11.2. The molecule has 1 atom stereocenters. The molecule has 1 aliphatic rings. The Hall–Kier alpha value is -4.12. The van der Waals surface area contributed by atoms with E-state index in [0.717, 1.165) is 18.6 Å². The van der Waals surface area contributed by atoms with Gasteiger partial charge >= 0.3 is 6.18 Å². The molecule has 8 nitrogen and oxygen atoms in total. The molecular weight excluding hydrogens is 477 g/mol. The average molecular weight is 498 g/mol. The highest BCUT2D eigenvalue weighted by Gasteiger charge is 2.31. The van der Waals surface area contributed by atoms with Crippen LogP contribution in [-0.4, -0.2) is 34.1 Å². The van der Waals surface area contributed by atoms with Gasteiger partial charge in [0.05, 0.1) is 29.4 Å². The van der Waals surface area contributed by atoms with Crippen LogP contribution < -0.4 is 10.6 Å². The summed E-state index contributed by atoms with van der Waals surface area (Å²) < 4.78 is 52.0. The third kappa shape index (κ3) is 4.96. The van der Waals surface area contributed by atoms with E-state index in [9.17, 15) is 22.8 Å². The second kappa shape index (κ2) is 9.50. The zero-order valence-corrected chi connectivity index (χ0v) is 18.8. The number of alkyl halides is 3. The van der Waals surface area contributed by atoms with Gasteiger partial charge in [-0.2, -0.15) is 13.2 Å². The highest BCUT2D eigenvalue weighted by atomic mass is 19.4. The van der Waals surface area contributed by atoms with Crippen molar-refractivity contribution in [2.24, 2.45) is 0 Å².